The van der Waals surface area contributed by atoms with E-state index >= 15 is 0 Å². The molecular formula is C12H9Br4N3. The highest BCUT2D eigenvalue weighted by Crippen LogP contribution is 2.42. The minimum absolute atomic E-state index is 0.604. The van der Waals surface area contributed by atoms with Crippen molar-refractivity contribution < 1.29 is 0 Å². The highest BCUT2D eigenvalue weighted by atomic mass is 79.9. The van der Waals surface area contributed by atoms with E-state index in [1.807, 2.05) is 6.33 Å². The van der Waals surface area contributed by atoms with Gasteiger partial charge in [-0.1, -0.05) is 0 Å². The predicted octanol–water partition coefficient (Wildman–Crippen LogP) is 5.78. The number of benzene rings is 1. The molecule has 0 unspecified atom stereocenters. The zero-order valence-electron chi connectivity index (χ0n) is 9.76. The number of hydrogen-bond donors (Lipinski definition) is 0. The molecular weight excluding hydrogens is 506 g/mol. The third kappa shape index (κ3) is 3.07. The van der Waals surface area contributed by atoms with Crippen LogP contribution in [0.3, 0.4) is 0 Å². The molecule has 0 N–H and O–H groups in total. The number of unbranched alkanes of at least 4 members (excludes halogenated alkanes) is 2. The Morgan fingerprint density at radius 2 is 1.74 bits per heavy atom. The van der Waals surface area contributed by atoms with Crippen LogP contribution in [0.4, 0.5) is 0 Å². The maximum atomic E-state index is 8.55. The van der Waals surface area contributed by atoms with Crippen LogP contribution >= 0.6 is 63.7 Å². The number of aromatic nitrogens is 2. The average Bonchev–Trinajstić information content (AvgIpc) is 2.83. The fourth-order valence-corrected chi connectivity index (χ4v) is 4.24. The number of hydrogen-bond acceptors (Lipinski definition) is 2. The molecule has 0 aliphatic carbocycles. The van der Waals surface area contributed by atoms with Crippen molar-refractivity contribution >= 4 is 74.8 Å². The molecule has 7 heteroatoms. The molecule has 1 heterocycles. The highest BCUT2D eigenvalue weighted by molar-refractivity contribution is 9.15. The number of aryl methyl sites for hydroxylation is 1. The van der Waals surface area contributed by atoms with Gasteiger partial charge in [-0.05, 0) is 76.6 Å². The van der Waals surface area contributed by atoms with Gasteiger partial charge >= 0.3 is 0 Å². The van der Waals surface area contributed by atoms with Gasteiger partial charge < -0.3 is 4.57 Å². The molecule has 0 aliphatic heterocycles. The van der Waals surface area contributed by atoms with Crippen LogP contribution in [0.5, 0.6) is 0 Å². The highest BCUT2D eigenvalue weighted by Gasteiger charge is 2.17. The van der Waals surface area contributed by atoms with E-state index in [4.69, 9.17) is 5.26 Å². The van der Waals surface area contributed by atoms with Crippen LogP contribution in [-0.2, 0) is 6.54 Å². The summed E-state index contributed by atoms with van der Waals surface area (Å²) in [5, 5.41) is 8.55. The summed E-state index contributed by atoms with van der Waals surface area (Å²) < 4.78 is 5.94. The number of nitriles is 1. The molecule has 0 fully saturated rings. The zero-order chi connectivity index (χ0) is 14.0. The van der Waals surface area contributed by atoms with E-state index in [2.05, 4.69) is 79.3 Å². The van der Waals surface area contributed by atoms with Gasteiger partial charge in [-0.25, -0.2) is 4.98 Å². The quantitative estimate of drug-likeness (QED) is 0.295. The van der Waals surface area contributed by atoms with Crippen LogP contribution in [0.25, 0.3) is 11.0 Å². The lowest BCUT2D eigenvalue weighted by atomic mass is 10.2. The first-order valence-corrected chi connectivity index (χ1v) is 8.78. The molecule has 0 spiro atoms. The van der Waals surface area contributed by atoms with Crippen molar-refractivity contribution in [3.05, 3.63) is 24.2 Å². The van der Waals surface area contributed by atoms with Crippen LogP contribution in [0.15, 0.2) is 24.2 Å². The Morgan fingerprint density at radius 3 is 2.42 bits per heavy atom. The van der Waals surface area contributed by atoms with Crippen LogP contribution in [-0.4, -0.2) is 9.55 Å². The first kappa shape index (κ1) is 15.5. The normalized spacial score (nSPS) is 10.9. The van der Waals surface area contributed by atoms with Crippen molar-refractivity contribution in [3.63, 3.8) is 0 Å². The summed E-state index contributed by atoms with van der Waals surface area (Å²) in [6, 6.07) is 2.17. The van der Waals surface area contributed by atoms with Gasteiger partial charge in [-0.2, -0.15) is 5.26 Å². The molecule has 2 rings (SSSR count). The summed E-state index contributed by atoms with van der Waals surface area (Å²) in [7, 11) is 0. The van der Waals surface area contributed by atoms with Crippen molar-refractivity contribution in [1.29, 1.82) is 5.26 Å². The van der Waals surface area contributed by atoms with Gasteiger partial charge in [0.05, 0.1) is 26.9 Å². The number of rotatable bonds is 4. The van der Waals surface area contributed by atoms with Gasteiger partial charge in [0.1, 0.15) is 5.52 Å². The first-order valence-electron chi connectivity index (χ1n) is 5.61. The maximum Gasteiger partial charge on any atom is 0.105 e. The molecule has 19 heavy (non-hydrogen) atoms. The summed E-state index contributed by atoms with van der Waals surface area (Å²) in [6.07, 6.45) is 4.32. The Morgan fingerprint density at radius 1 is 1.05 bits per heavy atom. The Bertz CT molecular complexity index is 657. The summed E-state index contributed by atoms with van der Waals surface area (Å²) in [6.45, 7) is 0.858. The fourth-order valence-electron chi connectivity index (χ4n) is 1.83. The zero-order valence-corrected chi connectivity index (χ0v) is 16.1. The van der Waals surface area contributed by atoms with Gasteiger partial charge in [-0.15, -0.1) is 0 Å². The molecule has 0 atom stereocenters. The van der Waals surface area contributed by atoms with Crippen molar-refractivity contribution in [1.82, 2.24) is 9.55 Å². The maximum absolute atomic E-state index is 8.55. The molecule has 100 valence electrons. The smallest absolute Gasteiger partial charge is 0.105 e. The molecule has 2 aromatic rings. The van der Waals surface area contributed by atoms with Gasteiger partial charge in [0.15, 0.2) is 0 Å². The fraction of sp³-hybridized carbons (Fsp3) is 0.333. The minimum Gasteiger partial charge on any atom is -0.330 e. The monoisotopic (exact) mass is 511 g/mol. The third-order valence-electron chi connectivity index (χ3n) is 2.77. The average molecular weight is 515 g/mol. The lowest BCUT2D eigenvalue weighted by molar-refractivity contribution is 0.628. The van der Waals surface area contributed by atoms with Crippen LogP contribution in [0.2, 0.25) is 0 Å². The van der Waals surface area contributed by atoms with Crippen LogP contribution in [0.1, 0.15) is 19.3 Å². The second-order valence-corrected chi connectivity index (χ2v) is 7.18. The van der Waals surface area contributed by atoms with Crippen LogP contribution < -0.4 is 0 Å². The molecule has 3 nitrogen and oxygen atoms in total. The molecule has 0 bridgehead atoms. The molecule has 1 aromatic heterocycles. The Hall–Kier alpha value is 0.100. The van der Waals surface area contributed by atoms with E-state index < -0.39 is 0 Å². The largest absolute Gasteiger partial charge is 0.330 e. The summed E-state index contributed by atoms with van der Waals surface area (Å²) >= 11 is 14.2. The minimum atomic E-state index is 0.604. The predicted molar refractivity (Wildman–Crippen MR) is 90.0 cm³/mol. The van der Waals surface area contributed by atoms with Gasteiger partial charge in [0.25, 0.3) is 0 Å². The second kappa shape index (κ2) is 6.70. The topological polar surface area (TPSA) is 41.6 Å². The Kier molecular flexibility index (Phi) is 5.46. The lowest BCUT2D eigenvalue weighted by Crippen LogP contribution is -1.97. The summed E-state index contributed by atoms with van der Waals surface area (Å²) in [5.41, 5.74) is 1.97. The van der Waals surface area contributed by atoms with Gasteiger partial charge in [-0.3, -0.25) is 0 Å². The lowest BCUT2D eigenvalue weighted by Gasteiger charge is -2.09. The molecule has 0 saturated carbocycles. The first-order chi connectivity index (χ1) is 9.07. The van der Waals surface area contributed by atoms with E-state index in [1.165, 1.54) is 0 Å². The van der Waals surface area contributed by atoms with E-state index in [-0.39, 0.29) is 0 Å². The molecule has 0 amide bonds. The summed E-state index contributed by atoms with van der Waals surface area (Å²) in [5.74, 6) is 0. The third-order valence-corrected chi connectivity index (χ3v) is 7.50. The molecule has 0 radical (unpaired) electrons. The van der Waals surface area contributed by atoms with E-state index in [0.29, 0.717) is 6.42 Å². The summed E-state index contributed by atoms with van der Waals surface area (Å²) in [4.78, 5) is 4.45. The number of imidazole rings is 1. The number of halogens is 4. The number of nitrogens with zero attached hydrogens (tertiary/aromatic N) is 3. The Labute approximate surface area is 144 Å². The van der Waals surface area contributed by atoms with E-state index in [0.717, 1.165) is 48.3 Å². The van der Waals surface area contributed by atoms with E-state index in [1.54, 1.807) is 0 Å². The van der Waals surface area contributed by atoms with Gasteiger partial charge in [0, 0.05) is 21.9 Å². The van der Waals surface area contributed by atoms with Gasteiger partial charge in [0.2, 0.25) is 0 Å². The van der Waals surface area contributed by atoms with Crippen LogP contribution in [0, 0.1) is 11.3 Å². The van der Waals surface area contributed by atoms with E-state index in [9.17, 15) is 0 Å². The van der Waals surface area contributed by atoms with Crippen molar-refractivity contribution in [2.75, 3.05) is 0 Å². The Balaban J connectivity index is 2.40. The molecule has 1 aromatic carbocycles. The number of fused-ring (bicyclic) bond motifs is 1. The van der Waals surface area contributed by atoms with Crippen molar-refractivity contribution in [3.8, 4) is 6.07 Å². The molecule has 0 aliphatic rings. The molecule has 0 saturated heterocycles. The SMILES string of the molecule is N#CCCCCn1cnc2c(Br)c(Br)c(Br)c(Br)c21. The van der Waals surface area contributed by atoms with Crippen molar-refractivity contribution in [2.24, 2.45) is 0 Å². The van der Waals surface area contributed by atoms with Crippen molar-refractivity contribution in [2.45, 2.75) is 25.8 Å². The standard InChI is InChI=1S/C12H9Br4N3/c13-7-8(14)10(16)12-11(9(7)15)18-6-19(12)5-3-1-2-4-17/h6H,1-3,5H2. The second-order valence-electron chi connectivity index (χ2n) is 4.01.